The minimum absolute atomic E-state index is 0.0949. The van der Waals surface area contributed by atoms with Crippen molar-refractivity contribution in [1.29, 1.82) is 0 Å². The zero-order valence-corrected chi connectivity index (χ0v) is 19.1. The monoisotopic (exact) mass is 451 g/mol. The van der Waals surface area contributed by atoms with E-state index in [0.717, 1.165) is 24.4 Å². The molecular formula is C21H29N3O4S2. The molecule has 0 aliphatic carbocycles. The van der Waals surface area contributed by atoms with E-state index in [9.17, 15) is 18.0 Å². The average molecular weight is 452 g/mol. The summed E-state index contributed by atoms with van der Waals surface area (Å²) in [4.78, 5) is 27.8. The lowest BCUT2D eigenvalue weighted by Gasteiger charge is -2.36. The summed E-state index contributed by atoms with van der Waals surface area (Å²) in [6.07, 6.45) is 3.32. The molecule has 30 heavy (non-hydrogen) atoms. The number of nitrogens with one attached hydrogen (secondary N) is 1. The Morgan fingerprint density at radius 3 is 2.57 bits per heavy atom. The Hall–Kier alpha value is -1.58. The lowest BCUT2D eigenvalue weighted by Crippen LogP contribution is -2.46. The van der Waals surface area contributed by atoms with Crippen LogP contribution in [0, 0.1) is 11.8 Å². The Kier molecular flexibility index (Phi) is 6.14. The molecule has 0 spiro atoms. The fraction of sp³-hybridized carbons (Fsp3) is 0.619. The van der Waals surface area contributed by atoms with E-state index in [-0.39, 0.29) is 27.9 Å². The van der Waals surface area contributed by atoms with Gasteiger partial charge in [0.2, 0.25) is 21.8 Å². The summed E-state index contributed by atoms with van der Waals surface area (Å²) in [7, 11) is -3.66. The van der Waals surface area contributed by atoms with Crippen LogP contribution in [0.2, 0.25) is 0 Å². The van der Waals surface area contributed by atoms with Crippen LogP contribution in [0.25, 0.3) is 0 Å². The van der Waals surface area contributed by atoms with E-state index >= 15 is 0 Å². The van der Waals surface area contributed by atoms with Crippen molar-refractivity contribution in [2.24, 2.45) is 11.8 Å². The number of benzene rings is 1. The highest BCUT2D eigenvalue weighted by molar-refractivity contribution is 8.01. The first kappa shape index (κ1) is 21.6. The van der Waals surface area contributed by atoms with Crippen LogP contribution in [-0.4, -0.2) is 60.9 Å². The van der Waals surface area contributed by atoms with Crippen molar-refractivity contribution in [3.05, 3.63) is 18.2 Å². The Labute approximate surface area is 182 Å². The van der Waals surface area contributed by atoms with Crippen molar-refractivity contribution in [2.45, 2.75) is 54.6 Å². The molecule has 2 amide bonds. The van der Waals surface area contributed by atoms with Crippen LogP contribution in [0.15, 0.2) is 28.0 Å². The van der Waals surface area contributed by atoms with Gasteiger partial charge >= 0.3 is 0 Å². The summed E-state index contributed by atoms with van der Waals surface area (Å²) < 4.78 is 27.8. The van der Waals surface area contributed by atoms with Crippen molar-refractivity contribution < 1.29 is 18.0 Å². The highest BCUT2D eigenvalue weighted by Crippen LogP contribution is 2.37. The highest BCUT2D eigenvalue weighted by atomic mass is 32.2. The highest BCUT2D eigenvalue weighted by Gasteiger charge is 2.35. The third-order valence-corrected chi connectivity index (χ3v) is 9.36. The Morgan fingerprint density at radius 2 is 1.87 bits per heavy atom. The number of nitrogens with zero attached hydrogens (tertiary/aromatic N) is 2. The lowest BCUT2D eigenvalue weighted by atomic mass is 9.93. The van der Waals surface area contributed by atoms with Gasteiger partial charge in [0.25, 0.3) is 0 Å². The Morgan fingerprint density at radius 1 is 1.13 bits per heavy atom. The number of fused-ring (bicyclic) bond motifs is 1. The van der Waals surface area contributed by atoms with E-state index in [1.165, 1.54) is 22.5 Å². The first-order valence-corrected chi connectivity index (χ1v) is 13.0. The molecule has 0 bridgehead atoms. The maximum absolute atomic E-state index is 13.2. The normalized spacial score (nSPS) is 26.2. The number of carbonyl (C=O) groups excluding carboxylic acids is 2. The van der Waals surface area contributed by atoms with E-state index in [0.29, 0.717) is 37.5 Å². The van der Waals surface area contributed by atoms with Gasteiger partial charge in [0.05, 0.1) is 15.8 Å². The fourth-order valence-corrected chi connectivity index (χ4v) is 6.92. The SMILES string of the molecule is C[C@@H]1CCCN(C(=O)C2CCN(S(=O)(=O)c3ccc4c(c3)NC(=O)[C@H](C)S4)CC2)C1. The fourth-order valence-electron chi connectivity index (χ4n) is 4.49. The van der Waals surface area contributed by atoms with Crippen LogP contribution in [0.1, 0.15) is 39.5 Å². The smallest absolute Gasteiger partial charge is 0.243 e. The molecule has 3 heterocycles. The van der Waals surface area contributed by atoms with E-state index in [4.69, 9.17) is 0 Å². The van der Waals surface area contributed by atoms with Crippen molar-refractivity contribution in [2.75, 3.05) is 31.5 Å². The second-order valence-electron chi connectivity index (χ2n) is 8.62. The molecule has 9 heteroatoms. The number of sulfonamides is 1. The molecule has 0 unspecified atom stereocenters. The largest absolute Gasteiger partial charge is 0.342 e. The first-order chi connectivity index (χ1) is 14.3. The topological polar surface area (TPSA) is 86.8 Å². The van der Waals surface area contributed by atoms with Gasteiger partial charge in [-0.3, -0.25) is 9.59 Å². The number of likely N-dealkylation sites (tertiary alicyclic amines) is 1. The van der Waals surface area contributed by atoms with Gasteiger partial charge in [-0.05, 0) is 56.7 Å². The second-order valence-corrected chi connectivity index (χ2v) is 11.9. The second kappa shape index (κ2) is 8.51. The zero-order chi connectivity index (χ0) is 21.5. The number of carbonyl (C=O) groups is 2. The molecule has 1 N–H and O–H groups in total. The number of amides is 2. The summed E-state index contributed by atoms with van der Waals surface area (Å²) in [5.74, 6) is 0.505. The number of hydrogen-bond acceptors (Lipinski definition) is 5. The van der Waals surface area contributed by atoms with Crippen LogP contribution >= 0.6 is 11.8 Å². The van der Waals surface area contributed by atoms with Crippen LogP contribution in [-0.2, 0) is 19.6 Å². The van der Waals surface area contributed by atoms with Gasteiger partial charge in [-0.15, -0.1) is 11.8 Å². The third-order valence-electron chi connectivity index (χ3n) is 6.29. The predicted molar refractivity (Wildman–Crippen MR) is 117 cm³/mol. The van der Waals surface area contributed by atoms with Crippen molar-refractivity contribution in [3.63, 3.8) is 0 Å². The lowest BCUT2D eigenvalue weighted by molar-refractivity contribution is -0.138. The maximum atomic E-state index is 13.2. The summed E-state index contributed by atoms with van der Waals surface area (Å²) in [6, 6.07) is 4.92. The quantitative estimate of drug-likeness (QED) is 0.764. The molecule has 1 aromatic carbocycles. The average Bonchev–Trinajstić information content (AvgIpc) is 2.74. The molecule has 1 aromatic rings. The van der Waals surface area contributed by atoms with E-state index < -0.39 is 10.0 Å². The van der Waals surface area contributed by atoms with Gasteiger partial charge in [0, 0.05) is 37.0 Å². The van der Waals surface area contributed by atoms with E-state index in [1.807, 2.05) is 11.8 Å². The summed E-state index contributed by atoms with van der Waals surface area (Å²) in [5, 5.41) is 2.60. The molecule has 2 atom stereocenters. The van der Waals surface area contributed by atoms with Crippen LogP contribution in [0.4, 0.5) is 5.69 Å². The summed E-state index contributed by atoms with van der Waals surface area (Å²) in [6.45, 7) is 6.32. The molecule has 4 rings (SSSR count). The van der Waals surface area contributed by atoms with Crippen LogP contribution < -0.4 is 5.32 Å². The number of hydrogen-bond donors (Lipinski definition) is 1. The van der Waals surface area contributed by atoms with Crippen molar-refractivity contribution >= 4 is 39.3 Å². The molecule has 2 fully saturated rings. The van der Waals surface area contributed by atoms with Gasteiger partial charge in [-0.2, -0.15) is 4.31 Å². The molecule has 0 radical (unpaired) electrons. The third kappa shape index (κ3) is 4.24. The summed E-state index contributed by atoms with van der Waals surface area (Å²) in [5.41, 5.74) is 0.549. The van der Waals surface area contributed by atoms with Crippen molar-refractivity contribution in [1.82, 2.24) is 9.21 Å². The number of thioether (sulfide) groups is 1. The van der Waals surface area contributed by atoms with E-state index in [1.54, 1.807) is 18.2 Å². The van der Waals surface area contributed by atoms with E-state index in [2.05, 4.69) is 12.2 Å². The maximum Gasteiger partial charge on any atom is 0.243 e. The predicted octanol–water partition coefficient (Wildman–Crippen LogP) is 2.78. The van der Waals surface area contributed by atoms with Gasteiger partial charge in [0.1, 0.15) is 0 Å². The van der Waals surface area contributed by atoms with Crippen LogP contribution in [0.3, 0.4) is 0 Å². The molecule has 7 nitrogen and oxygen atoms in total. The first-order valence-electron chi connectivity index (χ1n) is 10.7. The Bertz CT molecular complexity index is 942. The molecule has 164 valence electrons. The zero-order valence-electron chi connectivity index (χ0n) is 17.5. The standard InChI is InChI=1S/C21H29N3O4S2/c1-14-4-3-9-23(13-14)21(26)16-7-10-24(11-8-16)30(27,28)17-5-6-19-18(12-17)22-20(25)15(2)29-19/h5-6,12,14-16H,3-4,7-11,13H2,1-2H3,(H,22,25)/t14-,15+/m1/s1. The number of anilines is 1. The van der Waals surface area contributed by atoms with Gasteiger partial charge in [-0.25, -0.2) is 8.42 Å². The van der Waals surface area contributed by atoms with Gasteiger partial charge in [0.15, 0.2) is 0 Å². The number of piperidine rings is 2. The molecule has 3 aliphatic heterocycles. The molecule has 3 aliphatic rings. The van der Waals surface area contributed by atoms with Gasteiger partial charge < -0.3 is 10.2 Å². The Balaban J connectivity index is 1.42. The molecule has 0 saturated carbocycles. The molecule has 0 aromatic heterocycles. The minimum Gasteiger partial charge on any atom is -0.342 e. The summed E-state index contributed by atoms with van der Waals surface area (Å²) >= 11 is 1.43. The van der Waals surface area contributed by atoms with Crippen molar-refractivity contribution in [3.8, 4) is 0 Å². The van der Waals surface area contributed by atoms with Gasteiger partial charge in [-0.1, -0.05) is 6.92 Å². The molecular weight excluding hydrogens is 422 g/mol. The van der Waals surface area contributed by atoms with Crippen LogP contribution in [0.5, 0.6) is 0 Å². The number of rotatable bonds is 3. The molecule has 2 saturated heterocycles. The minimum atomic E-state index is -3.66.